The van der Waals surface area contributed by atoms with Gasteiger partial charge in [-0.2, -0.15) is 0 Å². The molecule has 0 aliphatic carbocycles. The van der Waals surface area contributed by atoms with Crippen molar-refractivity contribution < 1.29 is 9.47 Å². The third kappa shape index (κ3) is 5.31. The fourth-order valence-electron chi connectivity index (χ4n) is 2.12. The van der Waals surface area contributed by atoms with E-state index in [1.54, 1.807) is 14.2 Å². The smallest absolute Gasteiger partial charge is 0.137 e. The van der Waals surface area contributed by atoms with E-state index in [2.05, 4.69) is 25.2 Å². The summed E-state index contributed by atoms with van der Waals surface area (Å²) in [5.41, 5.74) is 1.21. The molecule has 0 aliphatic heterocycles. The average Bonchev–Trinajstić information content (AvgIpc) is 2.47. The van der Waals surface area contributed by atoms with Crippen molar-refractivity contribution in [2.45, 2.75) is 45.3 Å². The molecule has 1 N–H and O–H groups in total. The molecule has 0 bridgehead atoms. The average molecular weight is 300 g/mol. The van der Waals surface area contributed by atoms with E-state index in [0.717, 1.165) is 31.6 Å². The van der Waals surface area contributed by atoms with Crippen molar-refractivity contribution in [2.24, 2.45) is 0 Å². The minimum Gasteiger partial charge on any atom is -0.495 e. The van der Waals surface area contributed by atoms with Gasteiger partial charge in [0.1, 0.15) is 5.75 Å². The molecule has 4 heteroatoms. The first-order valence-electron chi connectivity index (χ1n) is 7.22. The molecule has 2 atom stereocenters. The number of methoxy groups -OCH3 is 2. The Balaban J connectivity index is 2.80. The molecular weight excluding hydrogens is 274 g/mol. The predicted molar refractivity (Wildman–Crippen MR) is 84.7 cm³/mol. The van der Waals surface area contributed by atoms with Crippen molar-refractivity contribution in [3.63, 3.8) is 0 Å². The Morgan fingerprint density at radius 3 is 2.60 bits per heavy atom. The van der Waals surface area contributed by atoms with Gasteiger partial charge in [0.2, 0.25) is 0 Å². The highest BCUT2D eigenvalue weighted by atomic mass is 35.5. The Bertz CT molecular complexity index is 398. The van der Waals surface area contributed by atoms with Crippen LogP contribution in [0.5, 0.6) is 5.75 Å². The van der Waals surface area contributed by atoms with Crippen molar-refractivity contribution in [1.29, 1.82) is 0 Å². The fraction of sp³-hybridized carbons (Fsp3) is 0.625. The second-order valence-electron chi connectivity index (χ2n) is 5.02. The maximum atomic E-state index is 6.09. The van der Waals surface area contributed by atoms with Crippen molar-refractivity contribution >= 4 is 11.6 Å². The van der Waals surface area contributed by atoms with Gasteiger partial charge in [-0.15, -0.1) is 0 Å². The largest absolute Gasteiger partial charge is 0.495 e. The van der Waals surface area contributed by atoms with Crippen molar-refractivity contribution in [3.8, 4) is 5.75 Å². The van der Waals surface area contributed by atoms with Crippen LogP contribution in [0.1, 0.15) is 44.7 Å². The molecule has 0 amide bonds. The van der Waals surface area contributed by atoms with E-state index in [4.69, 9.17) is 21.1 Å². The third-order valence-corrected chi connectivity index (χ3v) is 3.79. The van der Waals surface area contributed by atoms with Gasteiger partial charge in [-0.25, -0.2) is 0 Å². The molecule has 20 heavy (non-hydrogen) atoms. The van der Waals surface area contributed by atoms with Crippen LogP contribution in [-0.2, 0) is 4.74 Å². The number of nitrogens with one attached hydrogen (secondary N) is 1. The van der Waals surface area contributed by atoms with E-state index in [1.165, 1.54) is 5.56 Å². The van der Waals surface area contributed by atoms with Crippen molar-refractivity contribution in [1.82, 2.24) is 5.32 Å². The first-order valence-corrected chi connectivity index (χ1v) is 7.59. The first kappa shape index (κ1) is 17.3. The second-order valence-corrected chi connectivity index (χ2v) is 5.43. The van der Waals surface area contributed by atoms with E-state index in [-0.39, 0.29) is 6.10 Å². The Labute approximate surface area is 127 Å². The van der Waals surface area contributed by atoms with Gasteiger partial charge in [-0.05, 0) is 50.4 Å². The molecule has 0 spiro atoms. The lowest BCUT2D eigenvalue weighted by atomic mass is 10.00. The Hall–Kier alpha value is -0.770. The van der Waals surface area contributed by atoms with Crippen LogP contribution in [0.2, 0.25) is 5.02 Å². The van der Waals surface area contributed by atoms with E-state index in [9.17, 15) is 0 Å². The Morgan fingerprint density at radius 2 is 2.00 bits per heavy atom. The van der Waals surface area contributed by atoms with Gasteiger partial charge >= 0.3 is 0 Å². The van der Waals surface area contributed by atoms with Crippen LogP contribution in [0.25, 0.3) is 0 Å². The van der Waals surface area contributed by atoms with Crippen molar-refractivity contribution in [2.75, 3.05) is 20.8 Å². The SMILES string of the molecule is CCCNC(CCC(C)OC)c1ccc(Cl)c(OC)c1. The molecule has 0 radical (unpaired) electrons. The lowest BCUT2D eigenvalue weighted by Crippen LogP contribution is -2.23. The fourth-order valence-corrected chi connectivity index (χ4v) is 2.31. The molecule has 3 nitrogen and oxygen atoms in total. The molecular formula is C16H26ClNO2. The molecule has 1 rings (SSSR count). The van der Waals surface area contributed by atoms with E-state index >= 15 is 0 Å². The van der Waals surface area contributed by atoms with Crippen LogP contribution in [0.3, 0.4) is 0 Å². The number of hydrogen-bond donors (Lipinski definition) is 1. The summed E-state index contributed by atoms with van der Waals surface area (Å²) in [5.74, 6) is 0.729. The molecule has 2 unspecified atom stereocenters. The topological polar surface area (TPSA) is 30.5 Å². The van der Waals surface area contributed by atoms with Crippen LogP contribution in [-0.4, -0.2) is 26.9 Å². The molecule has 0 aromatic heterocycles. The summed E-state index contributed by atoms with van der Waals surface area (Å²) in [6.07, 6.45) is 3.43. The third-order valence-electron chi connectivity index (χ3n) is 3.48. The number of rotatable bonds is 9. The standard InChI is InChI=1S/C16H26ClNO2/c1-5-10-18-15(9-6-12(2)19-3)13-7-8-14(17)16(11-13)20-4/h7-8,11-12,15,18H,5-6,9-10H2,1-4H3. The van der Waals surface area contributed by atoms with Crippen LogP contribution in [0, 0.1) is 0 Å². The molecule has 0 aliphatic rings. The van der Waals surface area contributed by atoms with Crippen LogP contribution >= 0.6 is 11.6 Å². The Morgan fingerprint density at radius 1 is 1.25 bits per heavy atom. The van der Waals surface area contributed by atoms with Gasteiger partial charge in [0, 0.05) is 13.2 Å². The van der Waals surface area contributed by atoms with E-state index in [1.807, 2.05) is 12.1 Å². The molecule has 0 saturated heterocycles. The quantitative estimate of drug-likeness (QED) is 0.741. The minimum absolute atomic E-state index is 0.273. The normalized spacial score (nSPS) is 14.1. The van der Waals surface area contributed by atoms with Crippen molar-refractivity contribution in [3.05, 3.63) is 28.8 Å². The maximum absolute atomic E-state index is 6.09. The van der Waals surface area contributed by atoms with Gasteiger partial charge < -0.3 is 14.8 Å². The van der Waals surface area contributed by atoms with Crippen LogP contribution in [0.4, 0.5) is 0 Å². The highest BCUT2D eigenvalue weighted by Crippen LogP contribution is 2.29. The Kier molecular flexibility index (Phi) is 7.97. The van der Waals surface area contributed by atoms with E-state index in [0.29, 0.717) is 11.1 Å². The summed E-state index contributed by atoms with van der Waals surface area (Å²) in [4.78, 5) is 0. The second kappa shape index (κ2) is 9.22. The molecule has 114 valence electrons. The first-order chi connectivity index (χ1) is 9.62. The highest BCUT2D eigenvalue weighted by molar-refractivity contribution is 6.32. The lowest BCUT2D eigenvalue weighted by Gasteiger charge is -2.21. The summed E-state index contributed by atoms with van der Waals surface area (Å²) in [7, 11) is 3.40. The number of halogens is 1. The summed E-state index contributed by atoms with van der Waals surface area (Å²) < 4.78 is 10.6. The predicted octanol–water partition coefficient (Wildman–Crippen LogP) is 4.20. The lowest BCUT2D eigenvalue weighted by molar-refractivity contribution is 0.106. The molecule has 0 heterocycles. The van der Waals surface area contributed by atoms with Gasteiger partial charge in [0.25, 0.3) is 0 Å². The zero-order valence-corrected chi connectivity index (χ0v) is 13.7. The summed E-state index contributed by atoms with van der Waals surface area (Å²) in [6.45, 7) is 5.26. The summed E-state index contributed by atoms with van der Waals surface area (Å²) in [6, 6.07) is 6.29. The number of benzene rings is 1. The van der Waals surface area contributed by atoms with Gasteiger partial charge in [0.15, 0.2) is 0 Å². The molecule has 0 fully saturated rings. The number of ether oxygens (including phenoxy) is 2. The van der Waals surface area contributed by atoms with Gasteiger partial charge in [0.05, 0.1) is 18.2 Å². The minimum atomic E-state index is 0.273. The summed E-state index contributed by atoms with van der Waals surface area (Å²) in [5, 5.41) is 4.23. The zero-order valence-electron chi connectivity index (χ0n) is 12.9. The van der Waals surface area contributed by atoms with Gasteiger partial charge in [-0.1, -0.05) is 24.6 Å². The summed E-state index contributed by atoms with van der Waals surface area (Å²) >= 11 is 6.09. The van der Waals surface area contributed by atoms with Gasteiger partial charge in [-0.3, -0.25) is 0 Å². The molecule has 1 aromatic carbocycles. The van der Waals surface area contributed by atoms with Crippen LogP contribution in [0.15, 0.2) is 18.2 Å². The van der Waals surface area contributed by atoms with Crippen LogP contribution < -0.4 is 10.1 Å². The van der Waals surface area contributed by atoms with E-state index < -0.39 is 0 Å². The molecule has 1 aromatic rings. The molecule has 0 saturated carbocycles. The maximum Gasteiger partial charge on any atom is 0.137 e. The monoisotopic (exact) mass is 299 g/mol. The number of hydrogen-bond acceptors (Lipinski definition) is 3. The highest BCUT2D eigenvalue weighted by Gasteiger charge is 2.14. The zero-order chi connectivity index (χ0) is 15.0.